The highest BCUT2D eigenvalue weighted by Crippen LogP contribution is 2.55. The van der Waals surface area contributed by atoms with E-state index < -0.39 is 343 Å². The molecule has 2 aliphatic carbocycles. The van der Waals surface area contributed by atoms with Crippen molar-refractivity contribution >= 4 is 27.8 Å². The van der Waals surface area contributed by atoms with Crippen LogP contribution in [0, 0.1) is 0 Å². The fourth-order valence-electron chi connectivity index (χ4n) is 7.17. The van der Waals surface area contributed by atoms with Crippen molar-refractivity contribution in [2.75, 3.05) is 4.90 Å². The topological polar surface area (TPSA) is 3.24 Å². The third-order valence-electron chi connectivity index (χ3n) is 9.75. The van der Waals surface area contributed by atoms with Crippen molar-refractivity contribution in [1.82, 2.24) is 0 Å². The molecular formula is C58H45N. The highest BCUT2D eigenvalue weighted by atomic mass is 15.1. The number of para-hydroxylation sites is 1. The van der Waals surface area contributed by atoms with Gasteiger partial charge < -0.3 is 4.90 Å². The van der Waals surface area contributed by atoms with Crippen molar-refractivity contribution in [3.05, 3.63) is 222 Å². The normalized spacial score (nSPS) is 25.7. The fourth-order valence-corrected chi connectivity index (χ4v) is 7.17. The van der Waals surface area contributed by atoms with Gasteiger partial charge in [0.05, 0.1) is 50.9 Å². The molecule has 0 amide bonds. The van der Waals surface area contributed by atoms with E-state index in [1.165, 1.54) is 0 Å². The minimum Gasteiger partial charge on any atom is -0.310 e. The summed E-state index contributed by atoms with van der Waals surface area (Å²) in [6.45, 7) is -16.6. The molecule has 0 heterocycles. The van der Waals surface area contributed by atoms with Gasteiger partial charge in [-0.05, 0) is 113 Å². The van der Waals surface area contributed by atoms with E-state index in [0.717, 1.165) is 0 Å². The van der Waals surface area contributed by atoms with Crippen molar-refractivity contribution in [2.24, 2.45) is 0 Å². The first kappa shape index (κ1) is 11.8. The molecular weight excluding hydrogens is 711 g/mol. The molecule has 0 aliphatic heterocycles. The average Bonchev–Trinajstić information content (AvgIpc) is 1.49. The molecule has 0 saturated heterocycles. The van der Waals surface area contributed by atoms with Crippen LogP contribution in [-0.2, 0) is 10.8 Å². The van der Waals surface area contributed by atoms with Crippen LogP contribution in [0.25, 0.3) is 66.4 Å². The highest BCUT2D eigenvalue weighted by Gasteiger charge is 2.38. The Morgan fingerprint density at radius 2 is 0.932 bits per heavy atom. The molecule has 9 aromatic carbocycles. The lowest BCUT2D eigenvalue weighted by Gasteiger charge is -2.30. The Labute approximate surface area is 411 Å². The summed E-state index contributed by atoms with van der Waals surface area (Å²) < 4.78 is 416. The first-order chi connectivity index (χ1) is 47.5. The van der Waals surface area contributed by atoms with E-state index in [-0.39, 0.29) is 4.90 Å². The van der Waals surface area contributed by atoms with Gasteiger partial charge in [0, 0.05) is 44.2 Å². The van der Waals surface area contributed by atoms with Gasteiger partial charge in [-0.2, -0.15) is 0 Å². The highest BCUT2D eigenvalue weighted by molar-refractivity contribution is 6.09. The molecule has 59 heavy (non-hydrogen) atoms. The monoisotopic (exact) mass is 801 g/mol. The maximum Gasteiger partial charge on any atom is 0.0648 e. The molecule has 11 rings (SSSR count). The third kappa shape index (κ3) is 5.38. The maximum absolute atomic E-state index is 10.3. The van der Waals surface area contributed by atoms with Crippen LogP contribution in [0.1, 0.15) is 111 Å². The van der Waals surface area contributed by atoms with Gasteiger partial charge in [0.2, 0.25) is 0 Å². The Morgan fingerprint density at radius 3 is 1.73 bits per heavy atom. The van der Waals surface area contributed by atoms with Crippen molar-refractivity contribution in [2.45, 2.75) is 38.2 Å². The third-order valence-corrected chi connectivity index (χ3v) is 9.75. The van der Waals surface area contributed by atoms with Crippen LogP contribution in [-0.4, -0.2) is 0 Å². The fraction of sp³-hybridized carbons (Fsp3) is 0.103. The quantitative estimate of drug-likeness (QED) is 0.162. The Kier molecular flexibility index (Phi) is 2.67. The van der Waals surface area contributed by atoms with Gasteiger partial charge in [-0.3, -0.25) is 0 Å². The lowest BCUT2D eigenvalue weighted by Crippen LogP contribution is -2.16. The van der Waals surface area contributed by atoms with Crippen molar-refractivity contribution in [3.8, 4) is 55.6 Å². The largest absolute Gasteiger partial charge is 0.310 e. The molecule has 0 unspecified atom stereocenters. The van der Waals surface area contributed by atoms with Crippen LogP contribution >= 0.6 is 0 Å². The van der Waals surface area contributed by atoms with Crippen LogP contribution in [0.2, 0.25) is 0 Å². The average molecular weight is 801 g/mol. The smallest absolute Gasteiger partial charge is 0.0648 e. The summed E-state index contributed by atoms with van der Waals surface area (Å²) in [5.41, 5.74) is -30.5. The second-order valence-corrected chi connectivity index (χ2v) is 13.0. The van der Waals surface area contributed by atoms with Crippen molar-refractivity contribution < 1.29 is 61.7 Å². The molecule has 0 saturated carbocycles. The summed E-state index contributed by atoms with van der Waals surface area (Å²) in [5, 5.41) is -2.16. The minimum atomic E-state index is -4.20. The number of hydrogen-bond acceptors (Lipinski definition) is 1. The molecule has 0 radical (unpaired) electrons. The van der Waals surface area contributed by atoms with E-state index in [9.17, 15) is 23.3 Å². The van der Waals surface area contributed by atoms with Crippen LogP contribution in [0.15, 0.2) is 199 Å². The van der Waals surface area contributed by atoms with Gasteiger partial charge in [0.25, 0.3) is 0 Å². The molecule has 0 aromatic heterocycles. The number of nitrogens with zero attached hydrogens (tertiary/aromatic N) is 1. The predicted molar refractivity (Wildman–Crippen MR) is 250 cm³/mol. The molecule has 282 valence electrons. The standard InChI is InChI=1S/C58H45N/c1-57(2)51-26-14-11-23-48(51)56-49(24-16-27-52(56)57)55-44-21-9-8-19-39(44)31-35-45(55)40-29-32-41(33-30-40)59(54-28-15-12-20-43(54)38-17-6-5-7-18-38)42-34-36-47-46-22-10-13-25-50(46)58(3,4)53(47)37-42/h5-37H,1-4H3/i1D3,2D3,3D3,4D3,5D,6D,7D,8D,9D,10D,11D,12D,13D,14D,15D,16D,17D,18D,19D,20D,21D,22D,23D,24D,25D,26D,27D,28D,29D,30D,31D,32D,33D,34D,35D,36D,37D. The lowest BCUT2D eigenvalue weighted by molar-refractivity contribution is 0.660. The molecule has 0 atom stereocenters. The van der Waals surface area contributed by atoms with Crippen LogP contribution in [0.5, 0.6) is 0 Å². The van der Waals surface area contributed by atoms with E-state index in [0.29, 0.717) is 0 Å². The zero-order chi connectivity index (χ0) is 78.6. The van der Waals surface area contributed by atoms with E-state index in [1.807, 2.05) is 0 Å². The van der Waals surface area contributed by atoms with Gasteiger partial charge in [-0.15, -0.1) is 0 Å². The number of benzene rings is 9. The van der Waals surface area contributed by atoms with Crippen molar-refractivity contribution in [1.29, 1.82) is 0 Å². The van der Waals surface area contributed by atoms with Gasteiger partial charge in [-0.25, -0.2) is 0 Å². The second kappa shape index (κ2) is 13.3. The first-order valence-electron chi connectivity index (χ1n) is 39.7. The number of rotatable bonds is 6. The van der Waals surface area contributed by atoms with Crippen LogP contribution in [0.4, 0.5) is 17.1 Å². The van der Waals surface area contributed by atoms with E-state index in [2.05, 4.69) is 0 Å². The molecule has 0 spiro atoms. The molecule has 1 nitrogen and oxygen atoms in total. The SMILES string of the molecule is [2H]c1c([2H])c([2H])c(-c2c([2H])c([2H])c([2H])c([2H])c2N(c2c([2H])c([2H])c(-c3c([2H])c([2H])c4c([2H])c([2H])c([2H])c([2H])c4c3-c3c([2H])c([2H])c([2H])c4c3-c3c([2H])c([2H])c([2H])c([2H])c3C4(C([2H])([2H])[2H])C([2H])([2H])[2H])c([2H])c2[2H])c2c([2H])c([2H])c3c(c2[2H])C(C([2H])([2H])[2H])(C([2H])([2H])[2H])c2c([2H])c([2H])c([2H])c([2H])c2-3)c([2H])c1[2H]. The molecule has 0 bridgehead atoms. The predicted octanol–water partition coefficient (Wildman–Crippen LogP) is 15.9. The summed E-state index contributed by atoms with van der Waals surface area (Å²) in [5.74, 6) is 0. The molecule has 2 aliphatic rings. The van der Waals surface area contributed by atoms with Gasteiger partial charge >= 0.3 is 0 Å². The van der Waals surface area contributed by atoms with Crippen molar-refractivity contribution in [3.63, 3.8) is 0 Å². The second-order valence-electron chi connectivity index (χ2n) is 13.0. The summed E-state index contributed by atoms with van der Waals surface area (Å²) in [6, 6.07) is -46.0. The zero-order valence-electron chi connectivity index (χ0n) is 74.4. The van der Waals surface area contributed by atoms with E-state index in [4.69, 9.17) is 38.4 Å². The molecule has 1 heteroatoms. The molecule has 0 fully saturated rings. The maximum atomic E-state index is 10.3. The Hall–Kier alpha value is -6.96. The minimum absolute atomic E-state index is 0.000000808. The number of fused-ring (bicyclic) bond motifs is 7. The lowest BCUT2D eigenvalue weighted by atomic mass is 9.81. The van der Waals surface area contributed by atoms with Gasteiger partial charge in [0.15, 0.2) is 0 Å². The first-order valence-corrected chi connectivity index (χ1v) is 17.2. The number of anilines is 3. The Morgan fingerprint density at radius 1 is 0.373 bits per heavy atom. The number of hydrogen-bond donors (Lipinski definition) is 0. The van der Waals surface area contributed by atoms with E-state index in [1.54, 1.807) is 0 Å². The molecule has 9 aromatic rings. The van der Waals surface area contributed by atoms with Crippen LogP contribution < -0.4 is 4.90 Å². The summed E-state index contributed by atoms with van der Waals surface area (Å²) in [7, 11) is 0. The van der Waals surface area contributed by atoms with Gasteiger partial charge in [-0.1, -0.05) is 197 Å². The van der Waals surface area contributed by atoms with E-state index >= 15 is 0 Å². The Balaban J connectivity index is 1.44. The molecule has 0 N–H and O–H groups in total. The van der Waals surface area contributed by atoms with Gasteiger partial charge in [0.1, 0.15) is 0 Å². The summed E-state index contributed by atoms with van der Waals surface area (Å²) >= 11 is 0. The Bertz CT molecular complexity index is 5390. The summed E-state index contributed by atoms with van der Waals surface area (Å²) in [6.07, 6.45) is 0. The van der Waals surface area contributed by atoms with Crippen LogP contribution in [0.3, 0.4) is 0 Å². The summed E-state index contributed by atoms with van der Waals surface area (Å²) in [4.78, 5) is -0.000000808. The zero-order valence-corrected chi connectivity index (χ0v) is 29.4.